The van der Waals surface area contributed by atoms with Crippen LogP contribution in [0.15, 0.2) is 41.3 Å². The molecule has 3 amide bonds. The molecule has 0 spiro atoms. The first kappa shape index (κ1) is 21.5. The fourth-order valence-electron chi connectivity index (χ4n) is 2.40. The van der Waals surface area contributed by atoms with Crippen LogP contribution in [0.1, 0.15) is 22.3 Å². The summed E-state index contributed by atoms with van der Waals surface area (Å²) in [5.41, 5.74) is 4.90. The number of nitrogens with one attached hydrogen (secondary N) is 2. The van der Waals surface area contributed by atoms with Gasteiger partial charge in [-0.3, -0.25) is 14.9 Å². The van der Waals surface area contributed by atoms with E-state index in [2.05, 4.69) is 10.6 Å². The molecule has 0 radical (unpaired) electrons. The summed E-state index contributed by atoms with van der Waals surface area (Å²) in [6, 6.07) is 10.8. The van der Waals surface area contributed by atoms with E-state index in [4.69, 9.17) is 4.74 Å². The van der Waals surface area contributed by atoms with Gasteiger partial charge >= 0.3 is 12.0 Å². The van der Waals surface area contributed by atoms with E-state index in [-0.39, 0.29) is 5.75 Å². The fourth-order valence-corrected chi connectivity index (χ4v) is 3.20. The molecule has 6 nitrogen and oxygen atoms in total. The van der Waals surface area contributed by atoms with Crippen molar-refractivity contribution in [2.45, 2.75) is 32.6 Å². The molecule has 2 aromatic carbocycles. The zero-order valence-corrected chi connectivity index (χ0v) is 17.2. The lowest BCUT2D eigenvalue weighted by Crippen LogP contribution is -2.37. The van der Waals surface area contributed by atoms with Gasteiger partial charge in [0.15, 0.2) is 6.61 Å². The Labute approximate surface area is 169 Å². The lowest BCUT2D eigenvalue weighted by molar-refractivity contribution is -0.145. The van der Waals surface area contributed by atoms with Crippen molar-refractivity contribution in [1.29, 1.82) is 0 Å². The Hall–Kier alpha value is -2.80. The third-order valence-electron chi connectivity index (χ3n) is 4.08. The molecule has 0 fully saturated rings. The van der Waals surface area contributed by atoms with Crippen molar-refractivity contribution in [2.75, 3.05) is 17.7 Å². The molecule has 7 heteroatoms. The van der Waals surface area contributed by atoms with Gasteiger partial charge in [0, 0.05) is 10.6 Å². The molecule has 0 aliphatic heterocycles. The maximum Gasteiger partial charge on any atom is 0.325 e. The molecule has 28 heavy (non-hydrogen) atoms. The van der Waals surface area contributed by atoms with Gasteiger partial charge in [0.2, 0.25) is 0 Å². The molecular formula is C21H24N2O4S. The number of ether oxygens (including phenoxy) is 1. The van der Waals surface area contributed by atoms with Crippen molar-refractivity contribution in [3.63, 3.8) is 0 Å². The Balaban J connectivity index is 1.72. The normalized spacial score (nSPS) is 10.3. The molecule has 0 atom stereocenters. The number of imide groups is 1. The Bertz CT molecular complexity index is 896. The molecule has 2 aromatic rings. The van der Waals surface area contributed by atoms with Crippen molar-refractivity contribution < 1.29 is 19.1 Å². The SMILES string of the molecule is Cc1ccc(NC(=O)NC(=O)COC(=O)CSc2ccc(C)c(C)c2)c(C)c1. The fraction of sp³-hybridized carbons (Fsp3) is 0.286. The summed E-state index contributed by atoms with van der Waals surface area (Å²) in [5.74, 6) is -1.12. The number of carbonyl (C=O) groups is 3. The van der Waals surface area contributed by atoms with Gasteiger partial charge < -0.3 is 10.1 Å². The first-order chi connectivity index (χ1) is 13.2. The summed E-state index contributed by atoms with van der Waals surface area (Å²) in [7, 11) is 0. The van der Waals surface area contributed by atoms with Crippen LogP contribution in [0.2, 0.25) is 0 Å². The highest BCUT2D eigenvalue weighted by Gasteiger charge is 2.12. The van der Waals surface area contributed by atoms with Crippen LogP contribution in [-0.4, -0.2) is 30.3 Å². The number of amides is 3. The van der Waals surface area contributed by atoms with Crippen LogP contribution in [0, 0.1) is 27.7 Å². The number of hydrogen-bond acceptors (Lipinski definition) is 5. The van der Waals surface area contributed by atoms with Gasteiger partial charge in [-0.1, -0.05) is 23.8 Å². The monoisotopic (exact) mass is 400 g/mol. The second-order valence-electron chi connectivity index (χ2n) is 6.52. The number of aryl methyl sites for hydroxylation is 4. The van der Waals surface area contributed by atoms with Crippen LogP contribution in [0.3, 0.4) is 0 Å². The van der Waals surface area contributed by atoms with Gasteiger partial charge in [0.1, 0.15) is 0 Å². The van der Waals surface area contributed by atoms with Crippen LogP contribution < -0.4 is 10.6 Å². The molecule has 148 valence electrons. The van der Waals surface area contributed by atoms with Crippen LogP contribution in [0.5, 0.6) is 0 Å². The second-order valence-corrected chi connectivity index (χ2v) is 7.56. The molecular weight excluding hydrogens is 376 g/mol. The molecule has 0 unspecified atom stereocenters. The van der Waals surface area contributed by atoms with E-state index in [0.717, 1.165) is 21.6 Å². The van der Waals surface area contributed by atoms with Crippen molar-refractivity contribution in [3.05, 3.63) is 58.7 Å². The highest BCUT2D eigenvalue weighted by atomic mass is 32.2. The lowest BCUT2D eigenvalue weighted by atomic mass is 10.1. The zero-order valence-electron chi connectivity index (χ0n) is 16.4. The average molecular weight is 401 g/mol. The lowest BCUT2D eigenvalue weighted by Gasteiger charge is -2.10. The minimum atomic E-state index is -0.688. The first-order valence-corrected chi connectivity index (χ1v) is 9.77. The summed E-state index contributed by atoms with van der Waals surface area (Å²) in [6.45, 7) is 7.33. The van der Waals surface area contributed by atoms with Gasteiger partial charge in [-0.15, -0.1) is 11.8 Å². The average Bonchev–Trinajstić information content (AvgIpc) is 2.63. The summed E-state index contributed by atoms with van der Waals surface area (Å²) in [6.07, 6.45) is 0. The van der Waals surface area contributed by atoms with Crippen molar-refractivity contribution in [1.82, 2.24) is 5.32 Å². The van der Waals surface area contributed by atoms with Gasteiger partial charge in [-0.25, -0.2) is 4.79 Å². The standard InChI is InChI=1S/C21H24N2O4S/c1-13-5-8-18(16(4)9-13)22-21(26)23-19(24)11-27-20(25)12-28-17-7-6-14(2)15(3)10-17/h5-10H,11-12H2,1-4H3,(H2,22,23,24,26). The summed E-state index contributed by atoms with van der Waals surface area (Å²) in [4.78, 5) is 36.4. The van der Waals surface area contributed by atoms with Gasteiger partial charge in [0.05, 0.1) is 5.75 Å². The highest BCUT2D eigenvalue weighted by Crippen LogP contribution is 2.21. The minimum absolute atomic E-state index is 0.0878. The molecule has 0 saturated heterocycles. The van der Waals surface area contributed by atoms with Gasteiger partial charge in [0.25, 0.3) is 5.91 Å². The summed E-state index contributed by atoms with van der Waals surface area (Å²) < 4.78 is 4.92. The van der Waals surface area contributed by atoms with Crippen LogP contribution in [-0.2, 0) is 14.3 Å². The number of urea groups is 1. The second kappa shape index (κ2) is 9.94. The maximum absolute atomic E-state index is 11.9. The molecule has 0 heterocycles. The number of benzene rings is 2. The van der Waals surface area contributed by atoms with Crippen LogP contribution >= 0.6 is 11.8 Å². The van der Waals surface area contributed by atoms with E-state index in [1.54, 1.807) is 6.07 Å². The van der Waals surface area contributed by atoms with Crippen LogP contribution in [0.25, 0.3) is 0 Å². The number of thioether (sulfide) groups is 1. The van der Waals surface area contributed by atoms with Crippen molar-refractivity contribution in [3.8, 4) is 0 Å². The van der Waals surface area contributed by atoms with E-state index in [1.165, 1.54) is 17.3 Å². The molecule has 0 bridgehead atoms. The smallest absolute Gasteiger partial charge is 0.325 e. The quantitative estimate of drug-likeness (QED) is 0.567. The Morgan fingerprint density at radius 2 is 1.68 bits per heavy atom. The number of hydrogen-bond donors (Lipinski definition) is 2. The number of esters is 1. The molecule has 0 aromatic heterocycles. The highest BCUT2D eigenvalue weighted by molar-refractivity contribution is 8.00. The van der Waals surface area contributed by atoms with E-state index < -0.39 is 24.5 Å². The minimum Gasteiger partial charge on any atom is -0.455 e. The predicted octanol–water partition coefficient (Wildman–Crippen LogP) is 3.90. The Morgan fingerprint density at radius 1 is 0.929 bits per heavy atom. The van der Waals surface area contributed by atoms with Crippen molar-refractivity contribution in [2.24, 2.45) is 0 Å². The number of anilines is 1. The predicted molar refractivity (Wildman–Crippen MR) is 111 cm³/mol. The topological polar surface area (TPSA) is 84.5 Å². The van der Waals surface area contributed by atoms with E-state index in [1.807, 2.05) is 58.0 Å². The molecule has 0 aliphatic rings. The van der Waals surface area contributed by atoms with E-state index >= 15 is 0 Å². The Kier molecular flexibility index (Phi) is 7.63. The molecule has 2 rings (SSSR count). The maximum atomic E-state index is 11.9. The number of carbonyl (C=O) groups excluding carboxylic acids is 3. The van der Waals surface area contributed by atoms with Gasteiger partial charge in [-0.05, 0) is 62.6 Å². The van der Waals surface area contributed by atoms with E-state index in [0.29, 0.717) is 5.69 Å². The third-order valence-corrected chi connectivity index (χ3v) is 5.05. The van der Waals surface area contributed by atoms with E-state index in [9.17, 15) is 14.4 Å². The zero-order chi connectivity index (χ0) is 20.7. The third kappa shape index (κ3) is 6.74. The molecule has 0 saturated carbocycles. The first-order valence-electron chi connectivity index (χ1n) is 8.78. The summed E-state index contributed by atoms with van der Waals surface area (Å²) in [5, 5.41) is 4.74. The van der Waals surface area contributed by atoms with Gasteiger partial charge in [-0.2, -0.15) is 0 Å². The summed E-state index contributed by atoms with van der Waals surface area (Å²) >= 11 is 1.34. The number of rotatable bonds is 6. The van der Waals surface area contributed by atoms with Crippen LogP contribution in [0.4, 0.5) is 10.5 Å². The molecule has 2 N–H and O–H groups in total. The van der Waals surface area contributed by atoms with Crippen molar-refractivity contribution >= 4 is 35.4 Å². The largest absolute Gasteiger partial charge is 0.455 e. The Morgan fingerprint density at radius 3 is 2.36 bits per heavy atom. The molecule has 0 aliphatic carbocycles.